The smallest absolute Gasteiger partial charge is 0.175 e. The van der Waals surface area contributed by atoms with Gasteiger partial charge in [0.05, 0.1) is 15.6 Å². The predicted molar refractivity (Wildman–Crippen MR) is 77.3 cm³/mol. The molecule has 6 heteroatoms. The second kappa shape index (κ2) is 5.27. The number of aryl methyl sites for hydroxylation is 1. The molecule has 0 unspecified atom stereocenters. The van der Waals surface area contributed by atoms with E-state index in [9.17, 15) is 8.42 Å². The molecule has 1 heterocycles. The van der Waals surface area contributed by atoms with Crippen LogP contribution in [0.5, 0.6) is 0 Å². The summed E-state index contributed by atoms with van der Waals surface area (Å²) in [6, 6.07) is 6.64. The van der Waals surface area contributed by atoms with Crippen molar-refractivity contribution in [3.63, 3.8) is 0 Å². The number of sulfone groups is 1. The Morgan fingerprint density at radius 2 is 2.05 bits per heavy atom. The Kier molecular flexibility index (Phi) is 3.87. The summed E-state index contributed by atoms with van der Waals surface area (Å²) in [7, 11) is -1.28. The number of hydrogen-bond acceptors (Lipinski definition) is 3. The molecule has 0 fully saturated rings. The number of rotatable bonds is 4. The van der Waals surface area contributed by atoms with Gasteiger partial charge in [-0.15, -0.1) is 0 Å². The topological polar surface area (TPSA) is 51.1 Å². The average molecular weight is 299 g/mol. The van der Waals surface area contributed by atoms with Crippen molar-refractivity contribution in [1.29, 1.82) is 0 Å². The summed E-state index contributed by atoms with van der Waals surface area (Å²) in [5, 5.41) is 3.65. The Hall–Kier alpha value is -1.46. The number of anilines is 1. The van der Waals surface area contributed by atoms with Crippen molar-refractivity contribution in [2.75, 3.05) is 11.6 Å². The van der Waals surface area contributed by atoms with Crippen LogP contribution < -0.4 is 5.32 Å². The highest BCUT2D eigenvalue weighted by atomic mass is 35.5. The quantitative estimate of drug-likeness (QED) is 0.944. The van der Waals surface area contributed by atoms with Gasteiger partial charge in [-0.2, -0.15) is 0 Å². The highest BCUT2D eigenvalue weighted by Crippen LogP contribution is 2.25. The van der Waals surface area contributed by atoms with Gasteiger partial charge in [0.15, 0.2) is 9.84 Å². The largest absolute Gasteiger partial charge is 0.380 e. The molecular weight excluding hydrogens is 284 g/mol. The monoisotopic (exact) mass is 298 g/mol. The van der Waals surface area contributed by atoms with Gasteiger partial charge >= 0.3 is 0 Å². The van der Waals surface area contributed by atoms with E-state index in [0.717, 1.165) is 5.56 Å². The molecule has 0 aliphatic heterocycles. The third-order valence-corrected chi connectivity index (χ3v) is 4.18. The lowest BCUT2D eigenvalue weighted by atomic mass is 10.3. The molecule has 0 amide bonds. The van der Waals surface area contributed by atoms with Crippen molar-refractivity contribution in [2.45, 2.75) is 11.4 Å². The van der Waals surface area contributed by atoms with E-state index in [1.807, 2.05) is 30.1 Å². The minimum absolute atomic E-state index is 0.257. The molecule has 2 aromatic rings. The van der Waals surface area contributed by atoms with Gasteiger partial charge in [0.25, 0.3) is 0 Å². The molecule has 4 nitrogen and oxygen atoms in total. The van der Waals surface area contributed by atoms with Crippen LogP contribution in [0.3, 0.4) is 0 Å². The van der Waals surface area contributed by atoms with E-state index in [4.69, 9.17) is 11.6 Å². The molecule has 0 radical (unpaired) electrons. The maximum absolute atomic E-state index is 11.5. The van der Waals surface area contributed by atoms with Crippen LogP contribution in [0.15, 0.2) is 41.6 Å². The maximum atomic E-state index is 11.5. The van der Waals surface area contributed by atoms with Crippen molar-refractivity contribution in [1.82, 2.24) is 4.57 Å². The molecule has 0 bridgehead atoms. The second-order valence-electron chi connectivity index (χ2n) is 4.45. The molecule has 0 saturated carbocycles. The van der Waals surface area contributed by atoms with Gasteiger partial charge in [0.2, 0.25) is 0 Å². The summed E-state index contributed by atoms with van der Waals surface area (Å²) in [4.78, 5) is 0.257. The second-order valence-corrected chi connectivity index (χ2v) is 6.88. The molecule has 0 aliphatic rings. The molecule has 19 heavy (non-hydrogen) atoms. The summed E-state index contributed by atoms with van der Waals surface area (Å²) in [5.74, 6) is 0. The summed E-state index contributed by atoms with van der Waals surface area (Å²) in [6.07, 6.45) is 5.12. The zero-order valence-corrected chi connectivity index (χ0v) is 12.3. The van der Waals surface area contributed by atoms with Gasteiger partial charge in [-0.05, 0) is 29.8 Å². The SMILES string of the molecule is Cn1ccc(CNc2cc(S(C)(=O)=O)ccc2Cl)c1. The first-order valence-corrected chi connectivity index (χ1v) is 7.97. The third-order valence-electron chi connectivity index (χ3n) is 2.74. The lowest BCUT2D eigenvalue weighted by molar-refractivity contribution is 0.602. The van der Waals surface area contributed by atoms with Crippen LogP contribution in [-0.4, -0.2) is 19.2 Å². The van der Waals surface area contributed by atoms with E-state index in [1.165, 1.54) is 12.3 Å². The molecule has 0 saturated heterocycles. The van der Waals surface area contributed by atoms with Gasteiger partial charge in [-0.3, -0.25) is 0 Å². The van der Waals surface area contributed by atoms with Crippen LogP contribution in [0.25, 0.3) is 0 Å². The first-order chi connectivity index (χ1) is 8.86. The molecule has 0 spiro atoms. The fourth-order valence-corrected chi connectivity index (χ4v) is 2.56. The first kappa shape index (κ1) is 14.0. The van der Waals surface area contributed by atoms with Gasteiger partial charge < -0.3 is 9.88 Å². The maximum Gasteiger partial charge on any atom is 0.175 e. The molecule has 1 N–H and O–H groups in total. The standard InChI is InChI=1S/C13H15ClN2O2S/c1-16-6-5-10(9-16)8-15-13-7-11(19(2,17)18)3-4-12(13)14/h3-7,9,15H,8H2,1-2H3. The highest BCUT2D eigenvalue weighted by Gasteiger charge is 2.10. The fourth-order valence-electron chi connectivity index (χ4n) is 1.73. The van der Waals surface area contributed by atoms with Gasteiger partial charge in [-0.25, -0.2) is 8.42 Å². The lowest BCUT2D eigenvalue weighted by Crippen LogP contribution is -2.02. The number of halogens is 1. The minimum atomic E-state index is -3.22. The molecule has 0 atom stereocenters. The van der Waals surface area contributed by atoms with Crippen LogP contribution in [0.4, 0.5) is 5.69 Å². The summed E-state index contributed by atoms with van der Waals surface area (Å²) in [6.45, 7) is 0.591. The number of nitrogens with one attached hydrogen (secondary N) is 1. The van der Waals surface area contributed by atoms with Gasteiger partial charge in [0.1, 0.15) is 0 Å². The normalized spacial score (nSPS) is 11.5. The van der Waals surface area contributed by atoms with Crippen molar-refractivity contribution in [3.8, 4) is 0 Å². The average Bonchev–Trinajstić information content (AvgIpc) is 2.72. The predicted octanol–water partition coefficient (Wildman–Crippen LogP) is 2.69. The zero-order valence-electron chi connectivity index (χ0n) is 10.7. The summed E-state index contributed by atoms with van der Waals surface area (Å²) >= 11 is 6.06. The van der Waals surface area contributed by atoms with E-state index in [0.29, 0.717) is 17.3 Å². The Balaban J connectivity index is 2.20. The highest BCUT2D eigenvalue weighted by molar-refractivity contribution is 7.90. The molecular formula is C13H15ClN2O2S. The minimum Gasteiger partial charge on any atom is -0.380 e. The Morgan fingerprint density at radius 3 is 2.63 bits per heavy atom. The fraction of sp³-hybridized carbons (Fsp3) is 0.231. The Bertz CT molecular complexity index is 692. The zero-order chi connectivity index (χ0) is 14.0. The third kappa shape index (κ3) is 3.52. The van der Waals surface area contributed by atoms with Crippen LogP contribution in [-0.2, 0) is 23.4 Å². The van der Waals surface area contributed by atoms with Crippen LogP contribution >= 0.6 is 11.6 Å². The van der Waals surface area contributed by atoms with Crippen LogP contribution in [0.2, 0.25) is 5.02 Å². The summed E-state index contributed by atoms with van der Waals surface area (Å²) in [5.41, 5.74) is 1.72. The molecule has 2 rings (SSSR count). The van der Waals surface area contributed by atoms with E-state index >= 15 is 0 Å². The van der Waals surface area contributed by atoms with Gasteiger partial charge in [-0.1, -0.05) is 11.6 Å². The van der Waals surface area contributed by atoms with E-state index in [1.54, 1.807) is 12.1 Å². The Labute approximate surface area is 117 Å². The molecule has 1 aromatic carbocycles. The van der Waals surface area contributed by atoms with Crippen LogP contribution in [0.1, 0.15) is 5.56 Å². The number of aromatic nitrogens is 1. The number of hydrogen-bond donors (Lipinski definition) is 1. The van der Waals surface area contributed by atoms with Crippen molar-refractivity contribution in [3.05, 3.63) is 47.2 Å². The Morgan fingerprint density at radius 1 is 1.32 bits per heavy atom. The summed E-state index contributed by atoms with van der Waals surface area (Å²) < 4.78 is 24.9. The first-order valence-electron chi connectivity index (χ1n) is 5.70. The van der Waals surface area contributed by atoms with E-state index in [2.05, 4.69) is 5.32 Å². The van der Waals surface area contributed by atoms with E-state index in [-0.39, 0.29) is 4.90 Å². The lowest BCUT2D eigenvalue weighted by Gasteiger charge is -2.09. The van der Waals surface area contributed by atoms with Gasteiger partial charge in [0, 0.05) is 32.2 Å². The number of benzene rings is 1. The molecule has 1 aromatic heterocycles. The van der Waals surface area contributed by atoms with Crippen molar-refractivity contribution in [2.24, 2.45) is 7.05 Å². The number of nitrogens with zero attached hydrogens (tertiary/aromatic N) is 1. The van der Waals surface area contributed by atoms with E-state index < -0.39 is 9.84 Å². The molecule has 102 valence electrons. The van der Waals surface area contributed by atoms with Crippen LogP contribution in [0, 0.1) is 0 Å². The molecule has 0 aliphatic carbocycles. The van der Waals surface area contributed by atoms with Crippen molar-refractivity contribution >= 4 is 27.1 Å². The van der Waals surface area contributed by atoms with Crippen molar-refractivity contribution < 1.29 is 8.42 Å².